The Bertz CT molecular complexity index is 1100. The van der Waals surface area contributed by atoms with E-state index in [2.05, 4.69) is 0 Å². The highest BCUT2D eigenvalue weighted by Gasteiger charge is 2.25. The highest BCUT2D eigenvalue weighted by atomic mass is 16.6. The summed E-state index contributed by atoms with van der Waals surface area (Å²) in [6.45, 7) is 6.09. The lowest BCUT2D eigenvalue weighted by Gasteiger charge is -2.27. The SMILES string of the molecule is Cc1ccc(-n2nc(-c3ccc([N+](=O)[O-])cc3)cc2C(=O)N2CCOCC2)c(C)c1. The van der Waals surface area contributed by atoms with Crippen LogP contribution in [0.5, 0.6) is 0 Å². The van der Waals surface area contributed by atoms with E-state index in [0.717, 1.165) is 16.8 Å². The minimum Gasteiger partial charge on any atom is -0.378 e. The first kappa shape index (κ1) is 19.8. The number of aromatic nitrogens is 2. The van der Waals surface area contributed by atoms with Crippen molar-refractivity contribution in [1.29, 1.82) is 0 Å². The molecule has 0 bridgehead atoms. The van der Waals surface area contributed by atoms with Gasteiger partial charge < -0.3 is 9.64 Å². The Hall–Kier alpha value is -3.52. The number of carbonyl (C=O) groups is 1. The van der Waals surface area contributed by atoms with Crippen molar-refractivity contribution in [2.24, 2.45) is 0 Å². The Morgan fingerprint density at radius 3 is 2.40 bits per heavy atom. The third kappa shape index (κ3) is 3.81. The van der Waals surface area contributed by atoms with Crippen LogP contribution in [-0.2, 0) is 4.74 Å². The second kappa shape index (κ2) is 8.08. The van der Waals surface area contributed by atoms with Gasteiger partial charge in [-0.25, -0.2) is 4.68 Å². The monoisotopic (exact) mass is 406 g/mol. The van der Waals surface area contributed by atoms with Crippen LogP contribution in [0.1, 0.15) is 21.6 Å². The molecule has 1 aliphatic rings. The van der Waals surface area contributed by atoms with Crippen molar-refractivity contribution in [3.63, 3.8) is 0 Å². The van der Waals surface area contributed by atoms with E-state index in [1.807, 2.05) is 32.0 Å². The van der Waals surface area contributed by atoms with Crippen molar-refractivity contribution in [2.45, 2.75) is 13.8 Å². The van der Waals surface area contributed by atoms with Crippen LogP contribution in [0.3, 0.4) is 0 Å². The minimum atomic E-state index is -0.439. The summed E-state index contributed by atoms with van der Waals surface area (Å²) in [6.07, 6.45) is 0. The Kier molecular flexibility index (Phi) is 5.33. The van der Waals surface area contributed by atoms with Crippen LogP contribution in [0.4, 0.5) is 5.69 Å². The molecule has 0 N–H and O–H groups in total. The number of ether oxygens (including phenoxy) is 1. The van der Waals surface area contributed by atoms with Crippen LogP contribution >= 0.6 is 0 Å². The molecule has 0 spiro atoms. The second-order valence-electron chi connectivity index (χ2n) is 7.33. The Morgan fingerprint density at radius 2 is 1.77 bits per heavy atom. The number of nitrogens with zero attached hydrogens (tertiary/aromatic N) is 4. The van der Waals surface area contributed by atoms with E-state index >= 15 is 0 Å². The van der Waals surface area contributed by atoms with Crippen LogP contribution in [-0.4, -0.2) is 51.8 Å². The number of rotatable bonds is 4. The number of benzene rings is 2. The van der Waals surface area contributed by atoms with Gasteiger partial charge in [0.2, 0.25) is 0 Å². The minimum absolute atomic E-state index is 0.0113. The number of morpholine rings is 1. The standard InChI is InChI=1S/C22H22N4O4/c1-15-3-8-20(16(2)13-15)25-21(22(27)24-9-11-30-12-10-24)14-19(23-25)17-4-6-18(7-5-17)26(28)29/h3-8,13-14H,9-12H2,1-2H3. The van der Waals surface area contributed by atoms with Crippen molar-refractivity contribution in [2.75, 3.05) is 26.3 Å². The van der Waals surface area contributed by atoms with Gasteiger partial charge in [-0.2, -0.15) is 5.10 Å². The number of aryl methyl sites for hydroxylation is 2. The largest absolute Gasteiger partial charge is 0.378 e. The topological polar surface area (TPSA) is 90.5 Å². The summed E-state index contributed by atoms with van der Waals surface area (Å²) in [5, 5.41) is 15.6. The van der Waals surface area contributed by atoms with Crippen molar-refractivity contribution in [1.82, 2.24) is 14.7 Å². The quantitative estimate of drug-likeness (QED) is 0.488. The summed E-state index contributed by atoms with van der Waals surface area (Å²) < 4.78 is 7.04. The van der Waals surface area contributed by atoms with Gasteiger partial charge in [-0.3, -0.25) is 14.9 Å². The van der Waals surface area contributed by atoms with E-state index in [1.54, 1.807) is 27.8 Å². The van der Waals surface area contributed by atoms with Crippen LogP contribution < -0.4 is 0 Å². The molecule has 0 saturated carbocycles. The third-order valence-electron chi connectivity index (χ3n) is 5.18. The summed E-state index contributed by atoms with van der Waals surface area (Å²) in [7, 11) is 0. The molecule has 0 radical (unpaired) electrons. The number of hydrogen-bond acceptors (Lipinski definition) is 5. The van der Waals surface area contributed by atoms with Gasteiger partial charge in [0.1, 0.15) is 5.69 Å². The molecule has 2 heterocycles. The van der Waals surface area contributed by atoms with Crippen molar-refractivity contribution >= 4 is 11.6 Å². The predicted molar refractivity (Wildman–Crippen MR) is 112 cm³/mol. The van der Waals surface area contributed by atoms with Gasteiger partial charge in [0, 0.05) is 30.8 Å². The first-order chi connectivity index (χ1) is 14.4. The van der Waals surface area contributed by atoms with E-state index in [-0.39, 0.29) is 11.6 Å². The fourth-order valence-corrected chi connectivity index (χ4v) is 3.58. The molecule has 1 aromatic heterocycles. The van der Waals surface area contributed by atoms with Crippen molar-refractivity contribution in [3.05, 3.63) is 75.5 Å². The summed E-state index contributed by atoms with van der Waals surface area (Å²) in [6, 6.07) is 13.9. The van der Waals surface area contributed by atoms with Gasteiger partial charge in [0.15, 0.2) is 0 Å². The molecule has 0 unspecified atom stereocenters. The van der Waals surface area contributed by atoms with Gasteiger partial charge >= 0.3 is 0 Å². The zero-order valence-corrected chi connectivity index (χ0v) is 16.9. The van der Waals surface area contributed by atoms with E-state index in [0.29, 0.717) is 43.3 Å². The second-order valence-corrected chi connectivity index (χ2v) is 7.33. The lowest BCUT2D eigenvalue weighted by molar-refractivity contribution is -0.384. The number of hydrogen-bond donors (Lipinski definition) is 0. The maximum atomic E-state index is 13.3. The molecule has 30 heavy (non-hydrogen) atoms. The van der Waals surface area contributed by atoms with E-state index < -0.39 is 4.92 Å². The van der Waals surface area contributed by atoms with Crippen LogP contribution in [0.25, 0.3) is 16.9 Å². The smallest absolute Gasteiger partial charge is 0.272 e. The molecule has 154 valence electrons. The van der Waals surface area contributed by atoms with Crippen molar-refractivity contribution < 1.29 is 14.5 Å². The summed E-state index contributed by atoms with van der Waals surface area (Å²) >= 11 is 0. The average molecular weight is 406 g/mol. The van der Waals surface area contributed by atoms with Crippen LogP contribution in [0.15, 0.2) is 48.5 Å². The van der Waals surface area contributed by atoms with Gasteiger partial charge in [-0.05, 0) is 43.7 Å². The first-order valence-electron chi connectivity index (χ1n) is 9.73. The van der Waals surface area contributed by atoms with Crippen molar-refractivity contribution in [3.8, 4) is 16.9 Å². The molecule has 3 aromatic rings. The molecular weight excluding hydrogens is 384 g/mol. The molecule has 2 aromatic carbocycles. The number of non-ortho nitro benzene ring substituents is 1. The molecule has 8 nitrogen and oxygen atoms in total. The van der Waals surface area contributed by atoms with E-state index in [1.165, 1.54) is 12.1 Å². The maximum Gasteiger partial charge on any atom is 0.272 e. The zero-order chi connectivity index (χ0) is 21.3. The highest BCUT2D eigenvalue weighted by molar-refractivity contribution is 5.94. The zero-order valence-electron chi connectivity index (χ0n) is 16.9. The van der Waals surface area contributed by atoms with Gasteiger partial charge in [0.25, 0.3) is 11.6 Å². The molecule has 0 aliphatic carbocycles. The Balaban J connectivity index is 1.80. The lowest BCUT2D eigenvalue weighted by atomic mass is 10.1. The molecule has 1 saturated heterocycles. The van der Waals surface area contributed by atoms with Crippen LogP contribution in [0.2, 0.25) is 0 Å². The first-order valence-corrected chi connectivity index (χ1v) is 9.73. The fourth-order valence-electron chi connectivity index (χ4n) is 3.58. The average Bonchev–Trinajstić information content (AvgIpc) is 3.19. The van der Waals surface area contributed by atoms with E-state index in [9.17, 15) is 14.9 Å². The lowest BCUT2D eigenvalue weighted by Crippen LogP contribution is -2.41. The number of nitro benzene ring substituents is 1. The maximum absolute atomic E-state index is 13.3. The predicted octanol–water partition coefficient (Wildman–Crippen LogP) is 3.54. The normalized spacial score (nSPS) is 14.0. The summed E-state index contributed by atoms with van der Waals surface area (Å²) in [5.74, 6) is -0.112. The Labute approximate surface area is 173 Å². The molecule has 1 fully saturated rings. The third-order valence-corrected chi connectivity index (χ3v) is 5.18. The molecule has 4 rings (SSSR count). The van der Waals surface area contributed by atoms with Gasteiger partial charge in [0.05, 0.1) is 29.5 Å². The molecule has 8 heteroatoms. The Morgan fingerprint density at radius 1 is 1.07 bits per heavy atom. The summed E-state index contributed by atoms with van der Waals surface area (Å²) in [5.41, 5.74) is 4.71. The molecular formula is C22H22N4O4. The van der Waals surface area contributed by atoms with Gasteiger partial charge in [-0.1, -0.05) is 17.7 Å². The van der Waals surface area contributed by atoms with Gasteiger partial charge in [-0.15, -0.1) is 0 Å². The highest BCUT2D eigenvalue weighted by Crippen LogP contribution is 2.26. The molecule has 0 atom stereocenters. The number of amides is 1. The van der Waals surface area contributed by atoms with E-state index in [4.69, 9.17) is 9.84 Å². The number of carbonyl (C=O) groups excluding carboxylic acids is 1. The van der Waals surface area contributed by atoms with Crippen LogP contribution in [0, 0.1) is 24.0 Å². The molecule has 1 aliphatic heterocycles. The summed E-state index contributed by atoms with van der Waals surface area (Å²) in [4.78, 5) is 25.6. The fraction of sp³-hybridized carbons (Fsp3) is 0.273. The number of nitro groups is 1. The molecule has 1 amide bonds.